The summed E-state index contributed by atoms with van der Waals surface area (Å²) in [6, 6.07) is 7.51. The van der Waals surface area contributed by atoms with Gasteiger partial charge < -0.3 is 14.8 Å². The van der Waals surface area contributed by atoms with Crippen molar-refractivity contribution < 1.29 is 19.1 Å². The SMILES string of the molecule is C=CCOC(=O)C1=C(C)NC2=C(C(=O)CC(C)(C)C2)C1c1ccccc1OC. The van der Waals surface area contributed by atoms with Gasteiger partial charge in [-0.3, -0.25) is 4.79 Å². The van der Waals surface area contributed by atoms with Crippen LogP contribution in [0, 0.1) is 5.41 Å². The molecule has 5 heteroatoms. The van der Waals surface area contributed by atoms with Crippen molar-refractivity contribution in [3.63, 3.8) is 0 Å². The first-order valence-corrected chi connectivity index (χ1v) is 9.44. The molecule has 0 spiro atoms. The van der Waals surface area contributed by atoms with Gasteiger partial charge in [0.2, 0.25) is 0 Å². The van der Waals surface area contributed by atoms with E-state index in [-0.39, 0.29) is 17.8 Å². The number of hydrogen-bond acceptors (Lipinski definition) is 5. The molecule has 1 aliphatic carbocycles. The second-order valence-electron chi connectivity index (χ2n) is 8.06. The summed E-state index contributed by atoms with van der Waals surface area (Å²) < 4.78 is 10.9. The Morgan fingerprint density at radius 1 is 1.32 bits per heavy atom. The first kappa shape index (κ1) is 19.9. The van der Waals surface area contributed by atoms with Gasteiger partial charge in [-0.15, -0.1) is 0 Å². The van der Waals surface area contributed by atoms with Crippen molar-refractivity contribution >= 4 is 11.8 Å². The maximum Gasteiger partial charge on any atom is 0.337 e. The fourth-order valence-electron chi connectivity index (χ4n) is 4.13. The van der Waals surface area contributed by atoms with Crippen LogP contribution in [0.1, 0.15) is 45.1 Å². The number of nitrogens with one attached hydrogen (secondary N) is 1. The molecule has 1 aromatic rings. The fourth-order valence-corrected chi connectivity index (χ4v) is 4.13. The molecule has 1 unspecified atom stereocenters. The van der Waals surface area contributed by atoms with Gasteiger partial charge >= 0.3 is 5.97 Å². The van der Waals surface area contributed by atoms with Gasteiger partial charge in [0.15, 0.2) is 5.78 Å². The van der Waals surface area contributed by atoms with Gasteiger partial charge in [0.05, 0.1) is 18.6 Å². The van der Waals surface area contributed by atoms with Crippen molar-refractivity contribution in [1.29, 1.82) is 0 Å². The molecule has 0 bridgehead atoms. The number of methoxy groups -OCH3 is 1. The number of esters is 1. The molecule has 0 amide bonds. The molecule has 1 atom stereocenters. The zero-order valence-electron chi connectivity index (χ0n) is 16.9. The van der Waals surface area contributed by atoms with Crippen LogP contribution in [-0.2, 0) is 14.3 Å². The smallest absolute Gasteiger partial charge is 0.337 e. The molecule has 0 radical (unpaired) electrons. The summed E-state index contributed by atoms with van der Waals surface area (Å²) in [5, 5.41) is 3.32. The summed E-state index contributed by atoms with van der Waals surface area (Å²) in [6.07, 6.45) is 2.71. The zero-order valence-corrected chi connectivity index (χ0v) is 16.9. The van der Waals surface area contributed by atoms with Gasteiger partial charge in [0, 0.05) is 29.0 Å². The van der Waals surface area contributed by atoms with Crippen molar-refractivity contribution in [3.8, 4) is 5.75 Å². The molecule has 5 nitrogen and oxygen atoms in total. The highest BCUT2D eigenvalue weighted by atomic mass is 16.5. The van der Waals surface area contributed by atoms with Gasteiger partial charge in [-0.1, -0.05) is 44.7 Å². The monoisotopic (exact) mass is 381 g/mol. The van der Waals surface area contributed by atoms with Crippen molar-refractivity contribution in [2.24, 2.45) is 5.41 Å². The van der Waals surface area contributed by atoms with Crippen LogP contribution in [0.4, 0.5) is 0 Å². The third-order valence-electron chi connectivity index (χ3n) is 5.24. The molecule has 1 aromatic carbocycles. The molecule has 0 aromatic heterocycles. The number of rotatable bonds is 5. The van der Waals surface area contributed by atoms with Crippen LogP contribution < -0.4 is 10.1 Å². The Morgan fingerprint density at radius 2 is 2.04 bits per heavy atom. The topological polar surface area (TPSA) is 64.6 Å². The normalized spacial score (nSPS) is 21.0. The molecule has 148 valence electrons. The van der Waals surface area contributed by atoms with Crippen LogP contribution in [0.3, 0.4) is 0 Å². The zero-order chi connectivity index (χ0) is 20.5. The predicted octanol–water partition coefficient (Wildman–Crippen LogP) is 4.03. The predicted molar refractivity (Wildman–Crippen MR) is 108 cm³/mol. The Hall–Kier alpha value is -2.82. The van der Waals surface area contributed by atoms with Crippen molar-refractivity contribution in [2.75, 3.05) is 13.7 Å². The maximum absolute atomic E-state index is 13.2. The minimum absolute atomic E-state index is 0.0520. The van der Waals surface area contributed by atoms with Crippen molar-refractivity contribution in [1.82, 2.24) is 5.32 Å². The summed E-state index contributed by atoms with van der Waals surface area (Å²) in [5.74, 6) is -0.282. The van der Waals surface area contributed by atoms with Crippen LogP contribution in [0.25, 0.3) is 0 Å². The van der Waals surface area contributed by atoms with Gasteiger partial charge in [-0.25, -0.2) is 4.79 Å². The maximum atomic E-state index is 13.2. The van der Waals surface area contributed by atoms with E-state index in [1.165, 1.54) is 6.08 Å². The lowest BCUT2D eigenvalue weighted by Crippen LogP contribution is -2.38. The average molecular weight is 381 g/mol. The highest BCUT2D eigenvalue weighted by Crippen LogP contribution is 2.48. The van der Waals surface area contributed by atoms with Crippen molar-refractivity contribution in [2.45, 2.75) is 39.5 Å². The number of allylic oxidation sites excluding steroid dienone is 3. The second kappa shape index (κ2) is 7.66. The molecule has 1 aliphatic heterocycles. The Kier molecular flexibility index (Phi) is 5.45. The number of ether oxygens (including phenoxy) is 2. The Balaban J connectivity index is 2.19. The molecule has 0 saturated carbocycles. The molecular weight excluding hydrogens is 354 g/mol. The molecular formula is C23H27NO4. The quantitative estimate of drug-likeness (QED) is 0.616. The van der Waals surface area contributed by atoms with E-state index in [1.54, 1.807) is 7.11 Å². The lowest BCUT2D eigenvalue weighted by Gasteiger charge is -2.39. The number of ketones is 1. The summed E-state index contributed by atoms with van der Waals surface area (Å²) in [5.41, 5.74) is 3.33. The van der Waals surface area contributed by atoms with Crippen LogP contribution in [-0.4, -0.2) is 25.5 Å². The van der Waals surface area contributed by atoms with E-state index >= 15 is 0 Å². The van der Waals surface area contributed by atoms with Crippen molar-refractivity contribution in [3.05, 3.63) is 65.0 Å². The van der Waals surface area contributed by atoms with Crippen LogP contribution >= 0.6 is 0 Å². The van der Waals surface area contributed by atoms with E-state index in [0.29, 0.717) is 29.0 Å². The van der Waals surface area contributed by atoms with E-state index in [2.05, 4.69) is 25.7 Å². The largest absolute Gasteiger partial charge is 0.496 e. The number of dihydropyridines is 1. The molecule has 0 fully saturated rings. The number of para-hydroxylation sites is 1. The van der Waals surface area contributed by atoms with Gasteiger partial charge in [-0.2, -0.15) is 0 Å². The van der Waals surface area contributed by atoms with E-state index in [0.717, 1.165) is 17.7 Å². The summed E-state index contributed by atoms with van der Waals surface area (Å²) in [6.45, 7) is 9.73. The average Bonchev–Trinajstić information content (AvgIpc) is 2.63. The third-order valence-corrected chi connectivity index (χ3v) is 5.24. The molecule has 1 heterocycles. The Morgan fingerprint density at radius 3 is 2.71 bits per heavy atom. The minimum Gasteiger partial charge on any atom is -0.496 e. The number of benzene rings is 1. The first-order chi connectivity index (χ1) is 13.3. The number of carbonyl (C=O) groups is 2. The number of carbonyl (C=O) groups excluding carboxylic acids is 2. The lowest BCUT2D eigenvalue weighted by molar-refractivity contribution is -0.138. The van der Waals surface area contributed by atoms with E-state index < -0.39 is 11.9 Å². The van der Waals surface area contributed by atoms with Crippen LogP contribution in [0.2, 0.25) is 0 Å². The highest BCUT2D eigenvalue weighted by molar-refractivity contribution is 6.04. The lowest BCUT2D eigenvalue weighted by atomic mass is 9.68. The van der Waals surface area contributed by atoms with Gasteiger partial charge in [0.25, 0.3) is 0 Å². The first-order valence-electron chi connectivity index (χ1n) is 9.44. The second-order valence-corrected chi connectivity index (χ2v) is 8.06. The van der Waals surface area contributed by atoms with Gasteiger partial charge in [-0.05, 0) is 24.8 Å². The molecule has 0 saturated heterocycles. The fraction of sp³-hybridized carbons (Fsp3) is 0.391. The summed E-state index contributed by atoms with van der Waals surface area (Å²) >= 11 is 0. The van der Waals surface area contributed by atoms with E-state index in [4.69, 9.17) is 9.47 Å². The van der Waals surface area contributed by atoms with Crippen LogP contribution in [0.5, 0.6) is 5.75 Å². The molecule has 3 rings (SSSR count). The number of Topliss-reactive ketones (excluding diaryl/α,β-unsaturated/α-hetero) is 1. The molecule has 28 heavy (non-hydrogen) atoms. The Bertz CT molecular complexity index is 892. The minimum atomic E-state index is -0.520. The van der Waals surface area contributed by atoms with Gasteiger partial charge in [0.1, 0.15) is 12.4 Å². The van der Waals surface area contributed by atoms with E-state index in [1.807, 2.05) is 31.2 Å². The molecule has 1 N–H and O–H groups in total. The standard InChI is InChI=1S/C23H27NO4/c1-6-11-28-22(26)19-14(2)24-16-12-23(3,4)13-17(25)21(16)20(19)15-9-7-8-10-18(15)27-5/h6-10,20,24H,1,11-13H2,2-5H3. The van der Waals surface area contributed by atoms with E-state index in [9.17, 15) is 9.59 Å². The summed E-state index contributed by atoms with van der Waals surface area (Å²) in [4.78, 5) is 26.1. The summed E-state index contributed by atoms with van der Waals surface area (Å²) in [7, 11) is 1.59. The highest BCUT2D eigenvalue weighted by Gasteiger charge is 2.43. The Labute approximate surface area is 166 Å². The third kappa shape index (κ3) is 3.61. The molecule has 2 aliphatic rings. The van der Waals surface area contributed by atoms with Crippen LogP contribution in [0.15, 0.2) is 59.5 Å². The number of hydrogen-bond donors (Lipinski definition) is 1.